The van der Waals surface area contributed by atoms with Gasteiger partial charge in [-0.25, -0.2) is 8.42 Å². The third-order valence-corrected chi connectivity index (χ3v) is 7.96. The number of hydrogen-bond donors (Lipinski definition) is 1. The van der Waals surface area contributed by atoms with Gasteiger partial charge in [-0.1, -0.05) is 42.1 Å². The molecule has 180 valence electrons. The highest BCUT2D eigenvalue weighted by Gasteiger charge is 2.23. The van der Waals surface area contributed by atoms with Crippen LogP contribution in [0.5, 0.6) is 0 Å². The molecule has 3 aromatic rings. The van der Waals surface area contributed by atoms with Crippen LogP contribution in [0.4, 0.5) is 5.69 Å². The molecule has 1 aromatic heterocycles. The van der Waals surface area contributed by atoms with E-state index in [0.717, 1.165) is 32.4 Å². The second-order valence-corrected chi connectivity index (χ2v) is 11.2. The zero-order valence-corrected chi connectivity index (χ0v) is 20.6. The van der Waals surface area contributed by atoms with Crippen LogP contribution in [0.3, 0.4) is 0 Å². The number of anilines is 1. The van der Waals surface area contributed by atoms with E-state index < -0.39 is 10.0 Å². The van der Waals surface area contributed by atoms with Crippen molar-refractivity contribution in [2.45, 2.75) is 31.4 Å². The summed E-state index contributed by atoms with van der Waals surface area (Å²) in [7, 11) is -3.33. The molecule has 8 nitrogen and oxygen atoms in total. The lowest BCUT2D eigenvalue weighted by Crippen LogP contribution is -2.39. The Morgan fingerprint density at radius 3 is 2.47 bits per heavy atom. The summed E-state index contributed by atoms with van der Waals surface area (Å²) in [5.41, 5.74) is 2.50. The molecular weight excluding hydrogens is 472 g/mol. The highest BCUT2D eigenvalue weighted by Crippen LogP contribution is 2.26. The lowest BCUT2D eigenvalue weighted by atomic mass is 9.90. The smallest absolute Gasteiger partial charge is 0.277 e. The van der Waals surface area contributed by atoms with Crippen molar-refractivity contribution in [1.82, 2.24) is 15.1 Å². The van der Waals surface area contributed by atoms with Gasteiger partial charge in [0.2, 0.25) is 21.8 Å². The number of aromatic nitrogens is 2. The Balaban J connectivity index is 1.24. The number of rotatable bonds is 9. The van der Waals surface area contributed by atoms with Gasteiger partial charge in [-0.15, -0.1) is 10.2 Å². The minimum Gasteiger partial charge on any atom is -0.411 e. The van der Waals surface area contributed by atoms with Gasteiger partial charge >= 0.3 is 0 Å². The van der Waals surface area contributed by atoms with Crippen LogP contribution in [0.15, 0.2) is 64.2 Å². The number of benzene rings is 2. The summed E-state index contributed by atoms with van der Waals surface area (Å²) in [4.78, 5) is 14.6. The van der Waals surface area contributed by atoms with Crippen LogP contribution in [0.25, 0.3) is 11.5 Å². The molecule has 34 heavy (non-hydrogen) atoms. The van der Waals surface area contributed by atoms with Crippen molar-refractivity contribution in [3.63, 3.8) is 0 Å². The minimum atomic E-state index is -3.33. The van der Waals surface area contributed by atoms with Crippen LogP contribution in [-0.2, 0) is 21.2 Å². The van der Waals surface area contributed by atoms with Gasteiger partial charge < -0.3 is 9.32 Å². The largest absolute Gasteiger partial charge is 0.411 e. The molecule has 1 amide bonds. The molecule has 1 fully saturated rings. The van der Waals surface area contributed by atoms with Crippen molar-refractivity contribution in [3.05, 3.63) is 60.2 Å². The summed E-state index contributed by atoms with van der Waals surface area (Å²) < 4.78 is 31.5. The fourth-order valence-corrected chi connectivity index (χ4v) is 5.17. The molecule has 1 saturated heterocycles. The molecule has 0 saturated carbocycles. The summed E-state index contributed by atoms with van der Waals surface area (Å²) in [6.45, 7) is 3.13. The molecule has 0 radical (unpaired) electrons. The quantitative estimate of drug-likeness (QED) is 0.442. The Kier molecular flexibility index (Phi) is 7.89. The predicted molar refractivity (Wildman–Crippen MR) is 133 cm³/mol. The number of piperidine rings is 1. The SMILES string of the molecule is CCS(=O)(=O)Nc1ccc(-c2nnc(SCC(=O)N3CCC(Cc4ccccc4)CC3)o2)cc1. The molecule has 0 atom stereocenters. The van der Waals surface area contributed by atoms with Gasteiger partial charge in [-0.05, 0) is 61.9 Å². The van der Waals surface area contributed by atoms with Gasteiger partial charge in [-0.2, -0.15) is 0 Å². The second-order valence-electron chi connectivity index (χ2n) is 8.26. The van der Waals surface area contributed by atoms with Crippen molar-refractivity contribution < 1.29 is 17.6 Å². The molecule has 0 bridgehead atoms. The Labute approximate surface area is 204 Å². The van der Waals surface area contributed by atoms with Crippen molar-refractivity contribution in [2.24, 2.45) is 5.92 Å². The molecule has 2 heterocycles. The van der Waals surface area contributed by atoms with Crippen molar-refractivity contribution in [2.75, 3.05) is 29.3 Å². The first-order valence-electron chi connectivity index (χ1n) is 11.3. The zero-order chi connectivity index (χ0) is 24.0. The van der Waals surface area contributed by atoms with Crippen LogP contribution in [0.1, 0.15) is 25.3 Å². The Morgan fingerprint density at radius 2 is 1.79 bits per heavy atom. The summed E-state index contributed by atoms with van der Waals surface area (Å²) in [6.07, 6.45) is 3.09. The van der Waals surface area contributed by atoms with Crippen molar-refractivity contribution >= 4 is 33.4 Å². The third-order valence-electron chi connectivity index (χ3n) is 5.85. The number of carbonyl (C=O) groups excluding carboxylic acids is 1. The van der Waals surface area contributed by atoms with Crippen molar-refractivity contribution in [1.29, 1.82) is 0 Å². The van der Waals surface area contributed by atoms with Crippen LogP contribution >= 0.6 is 11.8 Å². The number of carbonyl (C=O) groups is 1. The van der Waals surface area contributed by atoms with Crippen LogP contribution in [-0.4, -0.2) is 54.0 Å². The monoisotopic (exact) mass is 500 g/mol. The van der Waals surface area contributed by atoms with E-state index in [0.29, 0.717) is 28.3 Å². The molecule has 0 aliphatic carbocycles. The maximum Gasteiger partial charge on any atom is 0.277 e. The molecule has 0 spiro atoms. The molecule has 1 aliphatic heterocycles. The van der Waals surface area contributed by atoms with E-state index in [1.54, 1.807) is 31.2 Å². The molecule has 1 N–H and O–H groups in total. The molecule has 1 aliphatic rings. The summed E-state index contributed by atoms with van der Waals surface area (Å²) in [5.74, 6) is 1.27. The molecule has 4 rings (SSSR count). The number of sulfonamides is 1. The number of hydrogen-bond acceptors (Lipinski definition) is 7. The number of nitrogens with zero attached hydrogens (tertiary/aromatic N) is 3. The van der Waals surface area contributed by atoms with Gasteiger partial charge in [-0.3, -0.25) is 9.52 Å². The van der Waals surface area contributed by atoms with Crippen molar-refractivity contribution in [3.8, 4) is 11.5 Å². The average molecular weight is 501 g/mol. The lowest BCUT2D eigenvalue weighted by molar-refractivity contribution is -0.129. The fraction of sp³-hybridized carbons (Fsp3) is 0.375. The van der Waals surface area contributed by atoms with Crippen LogP contribution in [0, 0.1) is 5.92 Å². The second kappa shape index (κ2) is 11.1. The zero-order valence-electron chi connectivity index (χ0n) is 19.0. The fourth-order valence-electron chi connectivity index (χ4n) is 3.87. The predicted octanol–water partition coefficient (Wildman–Crippen LogP) is 4.07. The first kappa shape index (κ1) is 24.3. The summed E-state index contributed by atoms with van der Waals surface area (Å²) in [6, 6.07) is 17.2. The Morgan fingerprint density at radius 1 is 1.09 bits per heavy atom. The topological polar surface area (TPSA) is 105 Å². The van der Waals surface area contributed by atoms with E-state index in [4.69, 9.17) is 4.42 Å². The van der Waals surface area contributed by atoms with Gasteiger partial charge in [0.05, 0.1) is 11.5 Å². The first-order valence-corrected chi connectivity index (χ1v) is 13.9. The van der Waals surface area contributed by atoms with E-state index in [1.807, 2.05) is 11.0 Å². The maximum absolute atomic E-state index is 12.6. The van der Waals surface area contributed by atoms with Gasteiger partial charge in [0.1, 0.15) is 0 Å². The first-order chi connectivity index (χ1) is 16.4. The number of likely N-dealkylation sites (tertiary alicyclic amines) is 1. The maximum atomic E-state index is 12.6. The molecule has 0 unspecified atom stereocenters. The Bertz CT molecular complexity index is 1190. The highest BCUT2D eigenvalue weighted by molar-refractivity contribution is 7.99. The van der Waals surface area contributed by atoms with E-state index >= 15 is 0 Å². The normalized spacial score (nSPS) is 14.8. The van der Waals surface area contributed by atoms with E-state index in [1.165, 1.54) is 17.3 Å². The average Bonchev–Trinajstić information content (AvgIpc) is 3.33. The standard InChI is InChI=1S/C24H28N4O4S2/c1-2-34(30,31)27-21-10-8-20(9-11-21)23-25-26-24(32-23)33-17-22(29)28-14-12-19(13-15-28)16-18-6-4-3-5-7-18/h3-11,19,27H,2,12-17H2,1H3. The summed E-state index contributed by atoms with van der Waals surface area (Å²) >= 11 is 1.23. The summed E-state index contributed by atoms with van der Waals surface area (Å²) in [5, 5.41) is 8.41. The highest BCUT2D eigenvalue weighted by atomic mass is 32.2. The molecular formula is C24H28N4O4S2. The van der Waals surface area contributed by atoms with Gasteiger partial charge in [0.25, 0.3) is 5.22 Å². The Hall–Kier alpha value is -2.85. The van der Waals surface area contributed by atoms with Crippen LogP contribution < -0.4 is 4.72 Å². The lowest BCUT2D eigenvalue weighted by Gasteiger charge is -2.32. The third kappa shape index (κ3) is 6.60. The number of amides is 1. The van der Waals surface area contributed by atoms with Gasteiger partial charge in [0, 0.05) is 24.3 Å². The van der Waals surface area contributed by atoms with Crippen LogP contribution in [0.2, 0.25) is 0 Å². The number of nitrogens with one attached hydrogen (secondary N) is 1. The van der Waals surface area contributed by atoms with E-state index in [-0.39, 0.29) is 17.4 Å². The molecule has 2 aromatic carbocycles. The van der Waals surface area contributed by atoms with E-state index in [2.05, 4.69) is 39.2 Å². The van der Waals surface area contributed by atoms with E-state index in [9.17, 15) is 13.2 Å². The number of thioether (sulfide) groups is 1. The molecule has 10 heteroatoms. The van der Waals surface area contributed by atoms with Gasteiger partial charge in [0.15, 0.2) is 0 Å². The minimum absolute atomic E-state index is 0.00338.